The molecule has 0 bridgehead atoms. The van der Waals surface area contributed by atoms with Gasteiger partial charge in [0.25, 0.3) is 0 Å². The zero-order valence-electron chi connectivity index (χ0n) is 14.4. The van der Waals surface area contributed by atoms with Gasteiger partial charge in [-0.2, -0.15) is 4.98 Å². The summed E-state index contributed by atoms with van der Waals surface area (Å²) in [7, 11) is 0. The molecule has 25 heavy (non-hydrogen) atoms. The van der Waals surface area contributed by atoms with Gasteiger partial charge in [0.1, 0.15) is 5.82 Å². The average molecular weight is 341 g/mol. The van der Waals surface area contributed by atoms with E-state index >= 15 is 0 Å². The van der Waals surface area contributed by atoms with Crippen molar-refractivity contribution in [2.75, 3.05) is 31.1 Å². The van der Waals surface area contributed by atoms with E-state index in [1.54, 1.807) is 24.3 Å². The van der Waals surface area contributed by atoms with Crippen LogP contribution in [0.15, 0.2) is 42.5 Å². The molecule has 132 valence electrons. The molecule has 1 saturated carbocycles. The average Bonchev–Trinajstić information content (AvgIpc) is 3.19. The van der Waals surface area contributed by atoms with Crippen LogP contribution < -0.4 is 9.64 Å². The zero-order valence-corrected chi connectivity index (χ0v) is 14.4. The van der Waals surface area contributed by atoms with Gasteiger partial charge in [0.2, 0.25) is 5.88 Å². The first-order chi connectivity index (χ1) is 12.3. The summed E-state index contributed by atoms with van der Waals surface area (Å²) in [5, 5.41) is 0. The van der Waals surface area contributed by atoms with Gasteiger partial charge >= 0.3 is 0 Å². The molecule has 4 rings (SSSR count). The fourth-order valence-electron chi connectivity index (χ4n) is 3.86. The lowest BCUT2D eigenvalue weighted by molar-refractivity contribution is 0.187. The highest BCUT2D eigenvalue weighted by molar-refractivity contribution is 5.42. The fraction of sp³-hybridized carbons (Fsp3) is 0.450. The van der Waals surface area contributed by atoms with Crippen molar-refractivity contribution in [1.82, 2.24) is 9.88 Å². The van der Waals surface area contributed by atoms with Crippen molar-refractivity contribution in [2.45, 2.75) is 31.7 Å². The number of hydrogen-bond donors (Lipinski definition) is 0. The summed E-state index contributed by atoms with van der Waals surface area (Å²) in [5.74, 6) is 1.17. The predicted octanol–water partition coefficient (Wildman–Crippen LogP) is 4.08. The van der Waals surface area contributed by atoms with E-state index in [2.05, 4.69) is 14.8 Å². The molecule has 1 aliphatic heterocycles. The molecule has 0 radical (unpaired) electrons. The molecule has 1 aromatic heterocycles. The number of rotatable bonds is 4. The van der Waals surface area contributed by atoms with Crippen LogP contribution in [0.5, 0.6) is 11.6 Å². The quantitative estimate of drug-likeness (QED) is 0.838. The minimum atomic E-state index is -0.375. The maximum absolute atomic E-state index is 13.8. The standard InChI is InChI=1S/C20H24FN3O/c21-17-8-3-4-9-18(17)25-20-11-5-10-19(22-20)24-14-12-23(13-15-24)16-6-1-2-7-16/h3-5,8-11,16H,1-2,6-7,12-15H2. The van der Waals surface area contributed by atoms with Gasteiger partial charge in [0.05, 0.1) is 0 Å². The van der Waals surface area contributed by atoms with Crippen molar-refractivity contribution in [1.29, 1.82) is 0 Å². The van der Waals surface area contributed by atoms with Crippen molar-refractivity contribution in [3.63, 3.8) is 0 Å². The van der Waals surface area contributed by atoms with Crippen LogP contribution in [-0.2, 0) is 0 Å². The number of para-hydroxylation sites is 1. The highest BCUT2D eigenvalue weighted by Crippen LogP contribution is 2.27. The van der Waals surface area contributed by atoms with E-state index in [1.165, 1.54) is 31.7 Å². The molecule has 0 spiro atoms. The third kappa shape index (κ3) is 3.76. The van der Waals surface area contributed by atoms with E-state index in [4.69, 9.17) is 4.74 Å². The number of anilines is 1. The molecule has 2 heterocycles. The summed E-state index contributed by atoms with van der Waals surface area (Å²) in [6.07, 6.45) is 5.46. The summed E-state index contributed by atoms with van der Waals surface area (Å²) >= 11 is 0. The Labute approximate surface area is 148 Å². The summed E-state index contributed by atoms with van der Waals surface area (Å²) in [5.41, 5.74) is 0. The van der Waals surface area contributed by atoms with E-state index in [9.17, 15) is 4.39 Å². The molecule has 2 fully saturated rings. The van der Waals surface area contributed by atoms with Crippen molar-refractivity contribution in [2.24, 2.45) is 0 Å². The third-order valence-corrected chi connectivity index (χ3v) is 5.24. The number of piperazine rings is 1. The van der Waals surface area contributed by atoms with Gasteiger partial charge in [-0.15, -0.1) is 0 Å². The molecule has 1 saturated heterocycles. The molecule has 1 aromatic carbocycles. The summed E-state index contributed by atoms with van der Waals surface area (Å²) in [4.78, 5) is 9.49. The smallest absolute Gasteiger partial charge is 0.221 e. The Morgan fingerprint density at radius 2 is 1.68 bits per heavy atom. The number of pyridine rings is 1. The zero-order chi connectivity index (χ0) is 17.1. The normalized spacial score (nSPS) is 19.3. The van der Waals surface area contributed by atoms with Gasteiger partial charge < -0.3 is 9.64 Å². The van der Waals surface area contributed by atoms with Crippen molar-refractivity contribution in [3.05, 3.63) is 48.3 Å². The molecular weight excluding hydrogens is 317 g/mol. The summed E-state index contributed by atoms with van der Waals surface area (Å²) in [6, 6.07) is 12.9. The molecule has 2 aliphatic rings. The third-order valence-electron chi connectivity index (χ3n) is 5.24. The maximum Gasteiger partial charge on any atom is 0.221 e. The number of halogens is 1. The molecule has 1 aliphatic carbocycles. The SMILES string of the molecule is Fc1ccccc1Oc1cccc(N2CCN(C3CCCC3)CC2)n1. The number of benzene rings is 1. The lowest BCUT2D eigenvalue weighted by atomic mass is 10.2. The second-order valence-electron chi connectivity index (χ2n) is 6.83. The Morgan fingerprint density at radius 1 is 0.920 bits per heavy atom. The molecule has 0 N–H and O–H groups in total. The van der Waals surface area contributed by atoms with Crippen LogP contribution in [0.3, 0.4) is 0 Å². The first kappa shape index (κ1) is 16.3. The van der Waals surface area contributed by atoms with Gasteiger partial charge in [0, 0.05) is 38.3 Å². The van der Waals surface area contributed by atoms with Crippen molar-refractivity contribution in [3.8, 4) is 11.6 Å². The highest BCUT2D eigenvalue weighted by Gasteiger charge is 2.26. The largest absolute Gasteiger partial charge is 0.436 e. The number of hydrogen-bond acceptors (Lipinski definition) is 4. The van der Waals surface area contributed by atoms with Gasteiger partial charge in [0.15, 0.2) is 11.6 Å². The van der Waals surface area contributed by atoms with Gasteiger partial charge in [-0.25, -0.2) is 4.39 Å². The lowest BCUT2D eigenvalue weighted by Gasteiger charge is -2.38. The molecule has 5 heteroatoms. The van der Waals surface area contributed by atoms with Crippen LogP contribution in [0.2, 0.25) is 0 Å². The summed E-state index contributed by atoms with van der Waals surface area (Å²) in [6.45, 7) is 4.13. The fourth-order valence-corrected chi connectivity index (χ4v) is 3.86. The predicted molar refractivity (Wildman–Crippen MR) is 96.8 cm³/mol. The Morgan fingerprint density at radius 3 is 2.44 bits per heavy atom. The molecule has 0 amide bonds. The van der Waals surface area contributed by atoms with Crippen molar-refractivity contribution < 1.29 is 9.13 Å². The monoisotopic (exact) mass is 341 g/mol. The summed E-state index contributed by atoms with van der Waals surface area (Å²) < 4.78 is 19.4. The topological polar surface area (TPSA) is 28.6 Å². The molecule has 0 atom stereocenters. The van der Waals surface area contributed by atoms with E-state index in [1.807, 2.05) is 12.1 Å². The molecule has 4 nitrogen and oxygen atoms in total. The van der Waals surface area contributed by atoms with Crippen LogP contribution in [-0.4, -0.2) is 42.1 Å². The Balaban J connectivity index is 1.41. The first-order valence-corrected chi connectivity index (χ1v) is 9.18. The van der Waals surface area contributed by atoms with E-state index < -0.39 is 0 Å². The van der Waals surface area contributed by atoms with Gasteiger partial charge in [-0.3, -0.25) is 4.90 Å². The van der Waals surface area contributed by atoms with Crippen LogP contribution >= 0.6 is 0 Å². The number of aromatic nitrogens is 1. The first-order valence-electron chi connectivity index (χ1n) is 9.18. The minimum absolute atomic E-state index is 0.207. The highest BCUT2D eigenvalue weighted by atomic mass is 19.1. The lowest BCUT2D eigenvalue weighted by Crippen LogP contribution is -2.49. The Hall–Kier alpha value is -2.14. The minimum Gasteiger partial charge on any atom is -0.436 e. The number of ether oxygens (including phenoxy) is 1. The second-order valence-corrected chi connectivity index (χ2v) is 6.83. The van der Waals surface area contributed by atoms with Crippen LogP contribution in [0, 0.1) is 5.82 Å². The van der Waals surface area contributed by atoms with Crippen LogP contribution in [0.1, 0.15) is 25.7 Å². The molecular formula is C20H24FN3O. The van der Waals surface area contributed by atoms with E-state index in [0.717, 1.165) is 38.0 Å². The Bertz CT molecular complexity index is 710. The van der Waals surface area contributed by atoms with Crippen molar-refractivity contribution >= 4 is 5.82 Å². The van der Waals surface area contributed by atoms with Gasteiger partial charge in [-0.1, -0.05) is 31.0 Å². The number of nitrogens with zero attached hydrogens (tertiary/aromatic N) is 3. The van der Waals surface area contributed by atoms with Gasteiger partial charge in [-0.05, 0) is 31.0 Å². The maximum atomic E-state index is 13.8. The molecule has 0 unspecified atom stereocenters. The Kier molecular flexibility index (Phi) is 4.83. The van der Waals surface area contributed by atoms with E-state index in [0.29, 0.717) is 5.88 Å². The van der Waals surface area contributed by atoms with E-state index in [-0.39, 0.29) is 11.6 Å². The second kappa shape index (κ2) is 7.40. The van der Waals surface area contributed by atoms with Crippen LogP contribution in [0.25, 0.3) is 0 Å². The molecule has 2 aromatic rings. The van der Waals surface area contributed by atoms with Crippen LogP contribution in [0.4, 0.5) is 10.2 Å².